The highest BCUT2D eigenvalue weighted by Gasteiger charge is 2.34. The van der Waals surface area contributed by atoms with Gasteiger partial charge in [0.25, 0.3) is 11.8 Å². The second kappa shape index (κ2) is 9.20. The third-order valence-corrected chi connectivity index (χ3v) is 5.51. The number of imide groups is 1. The average Bonchev–Trinajstić information content (AvgIpc) is 3.20. The van der Waals surface area contributed by atoms with Gasteiger partial charge >= 0.3 is 5.97 Å². The van der Waals surface area contributed by atoms with Crippen molar-refractivity contribution in [3.63, 3.8) is 0 Å². The molecule has 1 aliphatic heterocycles. The van der Waals surface area contributed by atoms with E-state index in [4.69, 9.17) is 16.3 Å². The Balaban J connectivity index is 1.33. The average molecular weight is 450 g/mol. The van der Waals surface area contributed by atoms with Crippen LogP contribution < -0.4 is 0 Å². The fourth-order valence-corrected chi connectivity index (χ4v) is 3.79. The molecule has 0 saturated heterocycles. The minimum absolute atomic E-state index is 0.0132. The Labute approximate surface area is 189 Å². The van der Waals surface area contributed by atoms with Gasteiger partial charge in [0.1, 0.15) is 11.8 Å². The van der Waals surface area contributed by atoms with Crippen molar-refractivity contribution in [3.05, 3.63) is 93.8 Å². The van der Waals surface area contributed by atoms with Gasteiger partial charge in [-0.25, -0.2) is 9.48 Å². The van der Waals surface area contributed by atoms with Crippen molar-refractivity contribution >= 4 is 35.5 Å². The van der Waals surface area contributed by atoms with Gasteiger partial charge in [-0.2, -0.15) is 5.10 Å². The van der Waals surface area contributed by atoms with Gasteiger partial charge in [-0.15, -0.1) is 0 Å². The van der Waals surface area contributed by atoms with Gasteiger partial charge in [-0.05, 0) is 30.7 Å². The maximum absolute atomic E-state index is 12.3. The molecule has 0 fully saturated rings. The zero-order chi connectivity index (χ0) is 22.7. The lowest BCUT2D eigenvalue weighted by molar-refractivity contribution is -0.137. The molecule has 2 amide bonds. The van der Waals surface area contributed by atoms with E-state index in [-0.39, 0.29) is 25.0 Å². The molecule has 2 heterocycles. The zero-order valence-corrected chi connectivity index (χ0v) is 18.1. The summed E-state index contributed by atoms with van der Waals surface area (Å²) in [4.78, 5) is 37.9. The number of ether oxygens (including phenoxy) is 1. The predicted octanol–water partition coefficient (Wildman–Crippen LogP) is 3.75. The van der Waals surface area contributed by atoms with E-state index in [1.165, 1.54) is 6.08 Å². The minimum atomic E-state index is -0.604. The number of amides is 2. The van der Waals surface area contributed by atoms with Crippen molar-refractivity contribution in [1.82, 2.24) is 14.7 Å². The van der Waals surface area contributed by atoms with E-state index >= 15 is 0 Å². The Morgan fingerprint density at radius 2 is 1.66 bits per heavy atom. The summed E-state index contributed by atoms with van der Waals surface area (Å²) in [6.45, 7) is 2.20. The second-order valence-corrected chi connectivity index (χ2v) is 7.60. The first kappa shape index (κ1) is 21.5. The number of benzene rings is 2. The highest BCUT2D eigenvalue weighted by Crippen LogP contribution is 2.23. The van der Waals surface area contributed by atoms with E-state index in [0.717, 1.165) is 10.5 Å². The Hall–Kier alpha value is -3.71. The summed E-state index contributed by atoms with van der Waals surface area (Å²) in [6.07, 6.45) is 2.81. The molecule has 0 N–H and O–H groups in total. The topological polar surface area (TPSA) is 81.5 Å². The van der Waals surface area contributed by atoms with Gasteiger partial charge in [0, 0.05) is 11.6 Å². The first-order valence-electron chi connectivity index (χ1n) is 10.0. The molecule has 1 aromatic heterocycles. The number of carbonyl (C=O) groups is 3. The molecule has 2 aromatic carbocycles. The van der Waals surface area contributed by atoms with Crippen molar-refractivity contribution in [1.29, 1.82) is 0 Å². The summed E-state index contributed by atoms with van der Waals surface area (Å²) in [5, 5.41) is 4.85. The van der Waals surface area contributed by atoms with E-state index in [2.05, 4.69) is 5.10 Å². The molecule has 8 heteroatoms. The molecule has 0 spiro atoms. The first-order valence-corrected chi connectivity index (χ1v) is 10.4. The van der Waals surface area contributed by atoms with Crippen molar-refractivity contribution in [2.24, 2.45) is 0 Å². The lowest BCUT2D eigenvalue weighted by atomic mass is 10.1. The standard InChI is InChI=1S/C24H20ClN3O4/c1-16-18(22(25)28(26-16)15-17-7-3-2-4-8-17)11-12-21(29)32-14-13-27-23(30)19-9-5-6-10-20(19)24(27)31/h2-12H,13-15H2,1H3/b12-11+. The number of fused-ring (bicyclic) bond motifs is 1. The van der Waals surface area contributed by atoms with Gasteiger partial charge in [0.2, 0.25) is 0 Å². The van der Waals surface area contributed by atoms with Crippen LogP contribution in [0.15, 0.2) is 60.7 Å². The normalized spacial score (nSPS) is 13.1. The van der Waals surface area contributed by atoms with Crippen LogP contribution in [0.5, 0.6) is 0 Å². The molecule has 3 aromatic rings. The highest BCUT2D eigenvalue weighted by molar-refractivity contribution is 6.31. The van der Waals surface area contributed by atoms with E-state index < -0.39 is 5.97 Å². The molecular weight excluding hydrogens is 430 g/mol. The number of hydrogen-bond acceptors (Lipinski definition) is 5. The number of esters is 1. The summed E-state index contributed by atoms with van der Waals surface area (Å²) in [5.74, 6) is -1.37. The van der Waals surface area contributed by atoms with E-state index in [9.17, 15) is 14.4 Å². The second-order valence-electron chi connectivity index (χ2n) is 7.24. The number of hydrogen-bond donors (Lipinski definition) is 0. The van der Waals surface area contributed by atoms with Crippen molar-refractivity contribution in [2.75, 3.05) is 13.2 Å². The van der Waals surface area contributed by atoms with E-state index in [0.29, 0.717) is 34.1 Å². The molecular formula is C24H20ClN3O4. The van der Waals surface area contributed by atoms with Crippen LogP contribution in [-0.2, 0) is 16.1 Å². The summed E-state index contributed by atoms with van der Waals surface area (Å²) in [6, 6.07) is 16.4. The third kappa shape index (κ3) is 4.33. The number of carbonyl (C=O) groups excluding carboxylic acids is 3. The minimum Gasteiger partial charge on any atom is -0.461 e. The van der Waals surface area contributed by atoms with Crippen molar-refractivity contribution in [2.45, 2.75) is 13.5 Å². The molecule has 0 unspecified atom stereocenters. The number of aryl methyl sites for hydroxylation is 1. The van der Waals surface area contributed by atoms with E-state index in [1.54, 1.807) is 41.9 Å². The van der Waals surface area contributed by atoms with Crippen LogP contribution in [0.25, 0.3) is 6.08 Å². The largest absolute Gasteiger partial charge is 0.461 e. The van der Waals surface area contributed by atoms with Gasteiger partial charge in [0.15, 0.2) is 0 Å². The van der Waals surface area contributed by atoms with Crippen LogP contribution in [0, 0.1) is 6.92 Å². The molecule has 0 atom stereocenters. The fraction of sp³-hybridized carbons (Fsp3) is 0.167. The molecule has 7 nitrogen and oxygen atoms in total. The van der Waals surface area contributed by atoms with Crippen LogP contribution in [0.2, 0.25) is 5.15 Å². The van der Waals surface area contributed by atoms with Gasteiger partial charge in [-0.3, -0.25) is 14.5 Å². The molecule has 4 rings (SSSR count). The predicted molar refractivity (Wildman–Crippen MR) is 119 cm³/mol. The number of aromatic nitrogens is 2. The van der Waals surface area contributed by atoms with Crippen LogP contribution in [-0.4, -0.2) is 45.6 Å². The van der Waals surface area contributed by atoms with Gasteiger partial charge < -0.3 is 4.74 Å². The van der Waals surface area contributed by atoms with Crippen LogP contribution >= 0.6 is 11.6 Å². The molecule has 0 radical (unpaired) electrons. The zero-order valence-electron chi connectivity index (χ0n) is 17.3. The van der Waals surface area contributed by atoms with Crippen molar-refractivity contribution in [3.8, 4) is 0 Å². The van der Waals surface area contributed by atoms with Crippen LogP contribution in [0.3, 0.4) is 0 Å². The Morgan fingerprint density at radius 3 is 2.31 bits per heavy atom. The molecule has 0 aliphatic carbocycles. The van der Waals surface area contributed by atoms with Gasteiger partial charge in [-0.1, -0.05) is 54.1 Å². The Kier molecular flexibility index (Phi) is 6.18. The highest BCUT2D eigenvalue weighted by atomic mass is 35.5. The quantitative estimate of drug-likeness (QED) is 0.312. The Morgan fingerprint density at radius 1 is 1.03 bits per heavy atom. The fourth-order valence-electron chi connectivity index (χ4n) is 3.50. The third-order valence-electron chi connectivity index (χ3n) is 5.11. The molecule has 0 bridgehead atoms. The summed E-state index contributed by atoms with van der Waals surface area (Å²) in [7, 11) is 0. The summed E-state index contributed by atoms with van der Waals surface area (Å²) >= 11 is 6.45. The first-order chi connectivity index (χ1) is 15.5. The van der Waals surface area contributed by atoms with Crippen LogP contribution in [0.4, 0.5) is 0 Å². The van der Waals surface area contributed by atoms with E-state index in [1.807, 2.05) is 30.3 Å². The Bertz CT molecular complexity index is 1180. The number of nitrogens with zero attached hydrogens (tertiary/aromatic N) is 3. The molecule has 162 valence electrons. The summed E-state index contributed by atoms with van der Waals surface area (Å²) < 4.78 is 6.83. The maximum atomic E-state index is 12.3. The lowest BCUT2D eigenvalue weighted by Gasteiger charge is -2.13. The molecule has 0 saturated carbocycles. The molecule has 1 aliphatic rings. The number of halogens is 1. The maximum Gasteiger partial charge on any atom is 0.330 e. The molecule has 32 heavy (non-hydrogen) atoms. The monoisotopic (exact) mass is 449 g/mol. The SMILES string of the molecule is Cc1nn(Cc2ccccc2)c(Cl)c1/C=C/C(=O)OCCN1C(=O)c2ccccc2C1=O. The van der Waals surface area contributed by atoms with Crippen molar-refractivity contribution < 1.29 is 19.1 Å². The lowest BCUT2D eigenvalue weighted by Crippen LogP contribution is -2.33. The number of rotatable bonds is 7. The smallest absolute Gasteiger partial charge is 0.330 e. The van der Waals surface area contributed by atoms with Gasteiger partial charge in [0.05, 0.1) is 29.9 Å². The summed E-state index contributed by atoms with van der Waals surface area (Å²) in [5.41, 5.74) is 3.09. The van der Waals surface area contributed by atoms with Crippen LogP contribution in [0.1, 0.15) is 37.5 Å².